The number of rotatable bonds is 3. The second-order valence-corrected chi connectivity index (χ2v) is 5.80. The van der Waals surface area contributed by atoms with Crippen LogP contribution in [0.15, 0.2) is 46.9 Å². The summed E-state index contributed by atoms with van der Waals surface area (Å²) in [4.78, 5) is 0. The van der Waals surface area contributed by atoms with Gasteiger partial charge in [0.1, 0.15) is 0 Å². The van der Waals surface area contributed by atoms with E-state index in [1.54, 1.807) is 6.07 Å². The normalized spacial score (nSPS) is 12.2. The van der Waals surface area contributed by atoms with Crippen LogP contribution in [0.5, 0.6) is 0 Å². The van der Waals surface area contributed by atoms with Crippen LogP contribution in [0.3, 0.4) is 0 Å². The molecule has 1 N–H and O–H groups in total. The Morgan fingerprint density at radius 2 is 1.89 bits per heavy atom. The molecule has 0 fully saturated rings. The van der Waals surface area contributed by atoms with Crippen LogP contribution >= 0.6 is 39.1 Å². The van der Waals surface area contributed by atoms with Crippen LogP contribution in [0.1, 0.15) is 18.5 Å². The van der Waals surface area contributed by atoms with Crippen molar-refractivity contribution in [3.05, 3.63) is 62.5 Å². The lowest BCUT2D eigenvalue weighted by Gasteiger charge is -2.17. The van der Waals surface area contributed by atoms with Crippen molar-refractivity contribution < 1.29 is 0 Å². The molecule has 94 valence electrons. The van der Waals surface area contributed by atoms with Crippen molar-refractivity contribution in [3.8, 4) is 0 Å². The summed E-state index contributed by atoms with van der Waals surface area (Å²) in [5.41, 5.74) is 2.03. The molecule has 0 aliphatic heterocycles. The maximum Gasteiger partial charge on any atom is 0.0500 e. The van der Waals surface area contributed by atoms with E-state index in [0.29, 0.717) is 5.02 Å². The van der Waals surface area contributed by atoms with Crippen LogP contribution < -0.4 is 5.32 Å². The van der Waals surface area contributed by atoms with E-state index in [2.05, 4.69) is 28.2 Å². The molecule has 0 saturated heterocycles. The van der Waals surface area contributed by atoms with Crippen LogP contribution in [0.4, 0.5) is 5.69 Å². The highest BCUT2D eigenvalue weighted by Crippen LogP contribution is 2.29. The van der Waals surface area contributed by atoms with E-state index in [-0.39, 0.29) is 6.04 Å². The highest BCUT2D eigenvalue weighted by molar-refractivity contribution is 9.10. The van der Waals surface area contributed by atoms with Gasteiger partial charge in [-0.25, -0.2) is 0 Å². The zero-order chi connectivity index (χ0) is 13.1. The van der Waals surface area contributed by atoms with E-state index in [1.165, 1.54) is 0 Å². The fourth-order valence-electron chi connectivity index (χ4n) is 1.75. The van der Waals surface area contributed by atoms with Crippen LogP contribution in [0.2, 0.25) is 10.0 Å². The Kier molecular flexibility index (Phi) is 4.55. The van der Waals surface area contributed by atoms with Crippen LogP contribution in [0, 0.1) is 0 Å². The summed E-state index contributed by atoms with van der Waals surface area (Å²) in [5, 5.41) is 4.80. The van der Waals surface area contributed by atoms with Crippen molar-refractivity contribution in [1.29, 1.82) is 0 Å². The van der Waals surface area contributed by atoms with Gasteiger partial charge in [0.25, 0.3) is 0 Å². The highest BCUT2D eigenvalue weighted by atomic mass is 79.9. The van der Waals surface area contributed by atoms with Gasteiger partial charge in [0.2, 0.25) is 0 Å². The third kappa shape index (κ3) is 3.41. The minimum absolute atomic E-state index is 0.0884. The third-order valence-corrected chi connectivity index (χ3v) is 3.70. The number of halogens is 3. The Morgan fingerprint density at radius 1 is 1.11 bits per heavy atom. The summed E-state index contributed by atoms with van der Waals surface area (Å²) >= 11 is 15.6. The molecule has 18 heavy (non-hydrogen) atoms. The van der Waals surface area contributed by atoms with Crippen molar-refractivity contribution in [2.24, 2.45) is 0 Å². The first kappa shape index (κ1) is 13.7. The average molecular weight is 345 g/mol. The first-order valence-corrected chi connectivity index (χ1v) is 7.08. The molecule has 0 bridgehead atoms. The molecule has 0 spiro atoms. The molecule has 0 heterocycles. The Bertz CT molecular complexity index is 557. The SMILES string of the molecule is CC(Nc1cccc(Br)c1)c1cc(Cl)ccc1Cl. The number of anilines is 1. The fraction of sp³-hybridized carbons (Fsp3) is 0.143. The van der Waals surface area contributed by atoms with Gasteiger partial charge in [-0.3, -0.25) is 0 Å². The number of hydrogen-bond donors (Lipinski definition) is 1. The van der Waals surface area contributed by atoms with Gasteiger partial charge in [0.15, 0.2) is 0 Å². The van der Waals surface area contributed by atoms with E-state index in [1.807, 2.05) is 36.4 Å². The zero-order valence-corrected chi connectivity index (χ0v) is 12.9. The Hall–Kier alpha value is -0.700. The van der Waals surface area contributed by atoms with Gasteiger partial charge in [0.05, 0.1) is 6.04 Å². The quantitative estimate of drug-likeness (QED) is 0.727. The van der Waals surface area contributed by atoms with E-state index >= 15 is 0 Å². The molecule has 0 aromatic heterocycles. The molecule has 2 aromatic carbocycles. The first-order chi connectivity index (χ1) is 8.56. The second-order valence-electron chi connectivity index (χ2n) is 4.04. The van der Waals surface area contributed by atoms with Gasteiger partial charge in [-0.2, -0.15) is 0 Å². The summed E-state index contributed by atoms with van der Waals surface area (Å²) < 4.78 is 1.04. The van der Waals surface area contributed by atoms with Crippen molar-refractivity contribution in [1.82, 2.24) is 0 Å². The number of nitrogens with one attached hydrogen (secondary N) is 1. The van der Waals surface area contributed by atoms with Crippen LogP contribution in [-0.4, -0.2) is 0 Å². The van der Waals surface area contributed by atoms with Crippen molar-refractivity contribution in [2.45, 2.75) is 13.0 Å². The van der Waals surface area contributed by atoms with Gasteiger partial charge >= 0.3 is 0 Å². The minimum atomic E-state index is 0.0884. The third-order valence-electron chi connectivity index (χ3n) is 2.63. The van der Waals surface area contributed by atoms with Crippen molar-refractivity contribution >= 4 is 44.8 Å². The summed E-state index contributed by atoms with van der Waals surface area (Å²) in [6.45, 7) is 2.05. The second kappa shape index (κ2) is 5.96. The fourth-order valence-corrected chi connectivity index (χ4v) is 2.61. The predicted octanol–water partition coefficient (Wildman–Crippen LogP) is 5.93. The standard InChI is InChI=1S/C14H12BrCl2N/c1-9(13-8-11(16)5-6-14(13)17)18-12-4-2-3-10(15)7-12/h2-9,18H,1H3. The Labute approximate surface area is 125 Å². The summed E-state index contributed by atoms with van der Waals surface area (Å²) in [7, 11) is 0. The number of hydrogen-bond acceptors (Lipinski definition) is 1. The van der Waals surface area contributed by atoms with Gasteiger partial charge in [-0.05, 0) is 48.9 Å². The number of benzene rings is 2. The van der Waals surface area contributed by atoms with Crippen molar-refractivity contribution in [2.75, 3.05) is 5.32 Å². The van der Waals surface area contributed by atoms with E-state index in [9.17, 15) is 0 Å². The van der Waals surface area contributed by atoms with Crippen LogP contribution in [-0.2, 0) is 0 Å². The largest absolute Gasteiger partial charge is 0.378 e. The smallest absolute Gasteiger partial charge is 0.0500 e. The van der Waals surface area contributed by atoms with E-state index in [0.717, 1.165) is 20.7 Å². The van der Waals surface area contributed by atoms with E-state index < -0.39 is 0 Å². The zero-order valence-electron chi connectivity index (χ0n) is 9.75. The molecular weight excluding hydrogens is 333 g/mol. The molecule has 0 radical (unpaired) electrons. The average Bonchev–Trinajstić information content (AvgIpc) is 2.32. The lowest BCUT2D eigenvalue weighted by molar-refractivity contribution is 0.885. The maximum absolute atomic E-state index is 6.18. The summed E-state index contributed by atoms with van der Waals surface area (Å²) in [6.07, 6.45) is 0. The van der Waals surface area contributed by atoms with Gasteiger partial charge < -0.3 is 5.32 Å². The Morgan fingerprint density at radius 3 is 2.61 bits per heavy atom. The molecule has 2 aromatic rings. The van der Waals surface area contributed by atoms with Gasteiger partial charge in [-0.15, -0.1) is 0 Å². The first-order valence-electron chi connectivity index (χ1n) is 5.53. The van der Waals surface area contributed by atoms with E-state index in [4.69, 9.17) is 23.2 Å². The molecule has 4 heteroatoms. The maximum atomic E-state index is 6.18. The summed E-state index contributed by atoms with van der Waals surface area (Å²) in [6, 6.07) is 13.6. The highest BCUT2D eigenvalue weighted by Gasteiger charge is 2.10. The molecule has 0 aliphatic carbocycles. The molecule has 0 amide bonds. The summed E-state index contributed by atoms with van der Waals surface area (Å²) in [5.74, 6) is 0. The molecule has 2 rings (SSSR count). The van der Waals surface area contributed by atoms with Crippen LogP contribution in [0.25, 0.3) is 0 Å². The van der Waals surface area contributed by atoms with Crippen molar-refractivity contribution in [3.63, 3.8) is 0 Å². The van der Waals surface area contributed by atoms with Gasteiger partial charge in [-0.1, -0.05) is 45.2 Å². The Balaban J connectivity index is 2.21. The molecule has 0 aliphatic rings. The topological polar surface area (TPSA) is 12.0 Å². The lowest BCUT2D eigenvalue weighted by Crippen LogP contribution is -2.07. The minimum Gasteiger partial charge on any atom is -0.378 e. The molecule has 1 unspecified atom stereocenters. The van der Waals surface area contributed by atoms with Gasteiger partial charge in [0, 0.05) is 20.2 Å². The predicted molar refractivity (Wildman–Crippen MR) is 82.6 cm³/mol. The molecular formula is C14H12BrCl2N. The lowest BCUT2D eigenvalue weighted by atomic mass is 10.1. The molecule has 1 nitrogen and oxygen atoms in total. The monoisotopic (exact) mass is 343 g/mol. The molecule has 1 atom stereocenters. The molecule has 0 saturated carbocycles.